The first kappa shape index (κ1) is 14.4. The molecule has 0 saturated carbocycles. The lowest BCUT2D eigenvalue weighted by molar-refractivity contribution is 0.322. The highest BCUT2D eigenvalue weighted by atomic mass is 16.5. The van der Waals surface area contributed by atoms with Crippen molar-refractivity contribution in [3.63, 3.8) is 0 Å². The van der Waals surface area contributed by atoms with Crippen molar-refractivity contribution in [1.82, 2.24) is 0 Å². The molecule has 0 N–H and O–H groups in total. The molecule has 1 nitrogen and oxygen atoms in total. The van der Waals surface area contributed by atoms with Crippen molar-refractivity contribution >= 4 is 0 Å². The zero-order valence-electron chi connectivity index (χ0n) is 12.8. The average molecular weight is 288 g/mol. The Bertz CT molecular complexity index is 697. The second-order valence-corrected chi connectivity index (χ2v) is 5.47. The van der Waals surface area contributed by atoms with Gasteiger partial charge in [-0.15, -0.1) is 0 Å². The first-order valence-corrected chi connectivity index (χ1v) is 7.65. The Morgan fingerprint density at radius 3 is 1.91 bits per heavy atom. The molecule has 0 aliphatic carbocycles. The first-order valence-electron chi connectivity index (χ1n) is 7.65. The van der Waals surface area contributed by atoms with Gasteiger partial charge < -0.3 is 4.74 Å². The number of hydrogen-bond acceptors (Lipinski definition) is 1. The maximum Gasteiger partial charge on any atom is 0.119 e. The summed E-state index contributed by atoms with van der Waals surface area (Å²) in [6, 6.07) is 27.3. The molecule has 0 aliphatic heterocycles. The van der Waals surface area contributed by atoms with Gasteiger partial charge in [0.2, 0.25) is 0 Å². The highest BCUT2D eigenvalue weighted by molar-refractivity contribution is 5.64. The molecule has 0 atom stereocenters. The Hall–Kier alpha value is -2.54. The van der Waals surface area contributed by atoms with Crippen molar-refractivity contribution in [3.8, 4) is 16.9 Å². The second kappa shape index (κ2) is 6.95. The maximum atomic E-state index is 5.82. The maximum absolute atomic E-state index is 5.82. The number of hydrogen-bond donors (Lipinski definition) is 0. The molecule has 0 bridgehead atoms. The predicted molar refractivity (Wildman–Crippen MR) is 92.3 cm³/mol. The van der Waals surface area contributed by atoms with E-state index in [9.17, 15) is 0 Å². The summed E-state index contributed by atoms with van der Waals surface area (Å²) in [5, 5.41) is 0. The van der Waals surface area contributed by atoms with Crippen molar-refractivity contribution in [2.75, 3.05) is 6.61 Å². The third-order valence-electron chi connectivity index (χ3n) is 3.74. The summed E-state index contributed by atoms with van der Waals surface area (Å²) < 4.78 is 5.82. The van der Waals surface area contributed by atoms with Gasteiger partial charge >= 0.3 is 0 Å². The Kier molecular flexibility index (Phi) is 4.55. The summed E-state index contributed by atoms with van der Waals surface area (Å²) in [6.45, 7) is 2.81. The molecule has 0 amide bonds. The predicted octanol–water partition coefficient (Wildman–Crippen LogP) is 5.28. The van der Waals surface area contributed by atoms with Gasteiger partial charge in [0.15, 0.2) is 0 Å². The van der Waals surface area contributed by atoms with Gasteiger partial charge in [-0.05, 0) is 35.7 Å². The number of ether oxygens (including phenoxy) is 1. The van der Waals surface area contributed by atoms with Crippen molar-refractivity contribution in [2.24, 2.45) is 0 Å². The van der Waals surface area contributed by atoms with Crippen LogP contribution in [0.5, 0.6) is 5.75 Å². The molecule has 22 heavy (non-hydrogen) atoms. The van der Waals surface area contributed by atoms with Crippen LogP contribution in [0, 0.1) is 6.92 Å². The van der Waals surface area contributed by atoms with Gasteiger partial charge in [-0.3, -0.25) is 0 Å². The lowest BCUT2D eigenvalue weighted by Gasteiger charge is -2.08. The summed E-state index contributed by atoms with van der Waals surface area (Å²) in [5.41, 5.74) is 5.04. The van der Waals surface area contributed by atoms with Gasteiger partial charge in [-0.1, -0.05) is 72.3 Å². The monoisotopic (exact) mass is 288 g/mol. The quantitative estimate of drug-likeness (QED) is 0.620. The standard InChI is InChI=1S/C21H20O/c1-17-7-9-19(10-8-17)20-11-13-21(14-12-20)22-16-15-18-5-3-2-4-6-18/h2-14H,15-16H2,1H3. The summed E-state index contributed by atoms with van der Waals surface area (Å²) in [6.07, 6.45) is 0.931. The molecule has 3 rings (SSSR count). The van der Waals surface area contributed by atoms with Crippen LogP contribution in [0.15, 0.2) is 78.9 Å². The third kappa shape index (κ3) is 3.76. The van der Waals surface area contributed by atoms with Crippen LogP contribution in [0.1, 0.15) is 11.1 Å². The fraction of sp³-hybridized carbons (Fsp3) is 0.143. The first-order chi connectivity index (χ1) is 10.8. The smallest absolute Gasteiger partial charge is 0.119 e. The molecule has 0 saturated heterocycles. The molecule has 0 aromatic heterocycles. The van der Waals surface area contributed by atoms with E-state index in [2.05, 4.69) is 67.6 Å². The van der Waals surface area contributed by atoms with Crippen LogP contribution >= 0.6 is 0 Å². The molecule has 0 unspecified atom stereocenters. The Morgan fingerprint density at radius 1 is 0.682 bits per heavy atom. The summed E-state index contributed by atoms with van der Waals surface area (Å²) in [4.78, 5) is 0. The van der Waals surface area contributed by atoms with E-state index in [1.54, 1.807) is 0 Å². The van der Waals surface area contributed by atoms with Crippen molar-refractivity contribution in [3.05, 3.63) is 90.0 Å². The molecule has 3 aromatic rings. The van der Waals surface area contributed by atoms with E-state index >= 15 is 0 Å². The lowest BCUT2D eigenvalue weighted by Crippen LogP contribution is -2.00. The van der Waals surface area contributed by atoms with Crippen LogP contribution in [0.2, 0.25) is 0 Å². The summed E-state index contributed by atoms with van der Waals surface area (Å²) in [5.74, 6) is 0.923. The molecule has 0 radical (unpaired) electrons. The van der Waals surface area contributed by atoms with E-state index in [1.807, 2.05) is 18.2 Å². The van der Waals surface area contributed by atoms with Gasteiger partial charge in [0.1, 0.15) is 5.75 Å². The van der Waals surface area contributed by atoms with Crippen LogP contribution in [0.4, 0.5) is 0 Å². The van der Waals surface area contributed by atoms with Crippen molar-refractivity contribution in [2.45, 2.75) is 13.3 Å². The van der Waals surface area contributed by atoms with Crippen LogP contribution in [0.25, 0.3) is 11.1 Å². The van der Waals surface area contributed by atoms with Gasteiger partial charge in [0.05, 0.1) is 6.61 Å². The molecule has 1 heteroatoms. The van der Waals surface area contributed by atoms with E-state index in [4.69, 9.17) is 4.74 Å². The number of benzene rings is 3. The van der Waals surface area contributed by atoms with Crippen LogP contribution in [-0.4, -0.2) is 6.61 Å². The minimum atomic E-state index is 0.702. The zero-order valence-corrected chi connectivity index (χ0v) is 12.8. The third-order valence-corrected chi connectivity index (χ3v) is 3.74. The van der Waals surface area contributed by atoms with Crippen LogP contribution in [0.3, 0.4) is 0 Å². The van der Waals surface area contributed by atoms with Gasteiger partial charge in [0, 0.05) is 6.42 Å². The topological polar surface area (TPSA) is 9.23 Å². The molecule has 110 valence electrons. The lowest BCUT2D eigenvalue weighted by atomic mass is 10.0. The van der Waals surface area contributed by atoms with Crippen molar-refractivity contribution in [1.29, 1.82) is 0 Å². The van der Waals surface area contributed by atoms with E-state index < -0.39 is 0 Å². The van der Waals surface area contributed by atoms with Crippen molar-refractivity contribution < 1.29 is 4.74 Å². The van der Waals surface area contributed by atoms with E-state index in [0.29, 0.717) is 6.61 Å². The minimum absolute atomic E-state index is 0.702. The highest BCUT2D eigenvalue weighted by Crippen LogP contribution is 2.22. The van der Waals surface area contributed by atoms with E-state index in [-0.39, 0.29) is 0 Å². The minimum Gasteiger partial charge on any atom is -0.493 e. The summed E-state index contributed by atoms with van der Waals surface area (Å²) >= 11 is 0. The molecule has 0 heterocycles. The molecule has 0 spiro atoms. The Labute approximate surface area is 132 Å². The normalized spacial score (nSPS) is 10.4. The number of aryl methyl sites for hydroxylation is 1. The van der Waals surface area contributed by atoms with E-state index in [0.717, 1.165) is 12.2 Å². The highest BCUT2D eigenvalue weighted by Gasteiger charge is 1.99. The fourth-order valence-corrected chi connectivity index (χ4v) is 2.42. The Morgan fingerprint density at radius 2 is 1.27 bits per heavy atom. The SMILES string of the molecule is Cc1ccc(-c2ccc(OCCc3ccccc3)cc2)cc1. The molecular formula is C21H20O. The van der Waals surface area contributed by atoms with Crippen LogP contribution in [-0.2, 0) is 6.42 Å². The fourth-order valence-electron chi connectivity index (χ4n) is 2.42. The number of rotatable bonds is 5. The summed E-state index contributed by atoms with van der Waals surface area (Å²) in [7, 11) is 0. The van der Waals surface area contributed by atoms with E-state index in [1.165, 1.54) is 22.3 Å². The van der Waals surface area contributed by atoms with Gasteiger partial charge in [-0.2, -0.15) is 0 Å². The Balaban J connectivity index is 1.58. The average Bonchev–Trinajstić information content (AvgIpc) is 2.57. The van der Waals surface area contributed by atoms with Gasteiger partial charge in [0.25, 0.3) is 0 Å². The zero-order chi connectivity index (χ0) is 15.2. The molecule has 0 fully saturated rings. The second-order valence-electron chi connectivity index (χ2n) is 5.47. The van der Waals surface area contributed by atoms with Crippen LogP contribution < -0.4 is 4.74 Å². The molecule has 0 aliphatic rings. The molecular weight excluding hydrogens is 268 g/mol. The van der Waals surface area contributed by atoms with Gasteiger partial charge in [-0.25, -0.2) is 0 Å². The largest absolute Gasteiger partial charge is 0.493 e. The molecule has 3 aromatic carbocycles.